The average Bonchev–Trinajstić information content (AvgIpc) is 2.34. The van der Waals surface area contributed by atoms with Crippen molar-refractivity contribution < 1.29 is 18.8 Å². The highest BCUT2D eigenvalue weighted by Crippen LogP contribution is 2.16. The smallest absolute Gasteiger partial charge is 0.307 e. The van der Waals surface area contributed by atoms with Crippen molar-refractivity contribution in [2.45, 2.75) is 19.9 Å². The van der Waals surface area contributed by atoms with E-state index in [9.17, 15) is 19.3 Å². The summed E-state index contributed by atoms with van der Waals surface area (Å²) < 4.78 is 17.9. The van der Waals surface area contributed by atoms with Crippen molar-refractivity contribution in [3.05, 3.63) is 39.7 Å². The third-order valence-electron chi connectivity index (χ3n) is 2.29. The average molecular weight is 270 g/mol. The van der Waals surface area contributed by atoms with E-state index in [1.807, 2.05) is 0 Å². The number of nitrogens with one attached hydrogen (secondary N) is 1. The van der Waals surface area contributed by atoms with Gasteiger partial charge in [-0.05, 0) is 18.6 Å². The molecule has 0 aliphatic rings. The van der Waals surface area contributed by atoms with Crippen LogP contribution in [0.15, 0.2) is 18.2 Å². The highest BCUT2D eigenvalue weighted by molar-refractivity contribution is 5.69. The van der Waals surface area contributed by atoms with Crippen molar-refractivity contribution in [2.24, 2.45) is 0 Å². The first-order valence-corrected chi connectivity index (χ1v) is 5.83. The summed E-state index contributed by atoms with van der Waals surface area (Å²) in [6.45, 7) is 2.66. The Bertz CT molecular complexity index is 465. The van der Waals surface area contributed by atoms with Crippen molar-refractivity contribution >= 4 is 11.7 Å². The van der Waals surface area contributed by atoms with Gasteiger partial charge in [0.15, 0.2) is 0 Å². The fourth-order valence-electron chi connectivity index (χ4n) is 1.50. The van der Waals surface area contributed by atoms with Crippen molar-refractivity contribution in [3.8, 4) is 0 Å². The molecule has 104 valence electrons. The number of rotatable bonds is 7. The molecule has 19 heavy (non-hydrogen) atoms. The van der Waals surface area contributed by atoms with Gasteiger partial charge in [-0.15, -0.1) is 0 Å². The van der Waals surface area contributed by atoms with E-state index < -0.39 is 10.7 Å². The fourth-order valence-corrected chi connectivity index (χ4v) is 1.50. The lowest BCUT2D eigenvalue weighted by Gasteiger charge is -2.05. The topological polar surface area (TPSA) is 81.5 Å². The minimum Gasteiger partial charge on any atom is -0.466 e. The van der Waals surface area contributed by atoms with Crippen LogP contribution in [0, 0.1) is 15.9 Å². The number of hydrogen-bond acceptors (Lipinski definition) is 5. The molecule has 0 radical (unpaired) electrons. The van der Waals surface area contributed by atoms with Crippen LogP contribution in [0.5, 0.6) is 0 Å². The second-order valence-corrected chi connectivity index (χ2v) is 3.81. The van der Waals surface area contributed by atoms with Gasteiger partial charge in [-0.3, -0.25) is 14.9 Å². The second-order valence-electron chi connectivity index (χ2n) is 3.81. The van der Waals surface area contributed by atoms with E-state index in [0.717, 1.165) is 6.07 Å². The Balaban J connectivity index is 2.45. The van der Waals surface area contributed by atoms with Crippen molar-refractivity contribution in [3.63, 3.8) is 0 Å². The van der Waals surface area contributed by atoms with Gasteiger partial charge in [0.1, 0.15) is 5.82 Å². The fraction of sp³-hybridized carbons (Fsp3) is 0.417. The number of carbonyl (C=O) groups is 1. The molecule has 1 N–H and O–H groups in total. The molecule has 0 aliphatic carbocycles. The summed E-state index contributed by atoms with van der Waals surface area (Å²) in [5.41, 5.74) is 0.165. The zero-order valence-corrected chi connectivity index (χ0v) is 10.5. The number of benzene rings is 1. The number of hydrogen-bond donors (Lipinski definition) is 1. The van der Waals surface area contributed by atoms with Crippen LogP contribution in [0.25, 0.3) is 0 Å². The third-order valence-corrected chi connectivity index (χ3v) is 2.29. The molecule has 0 spiro atoms. The van der Waals surface area contributed by atoms with Crippen molar-refractivity contribution in [1.82, 2.24) is 5.32 Å². The molecule has 1 aromatic rings. The molecule has 0 atom stereocenters. The Morgan fingerprint density at radius 3 is 2.84 bits per heavy atom. The predicted octanol–water partition coefficient (Wildman–Crippen LogP) is 1.78. The van der Waals surface area contributed by atoms with Gasteiger partial charge in [-0.2, -0.15) is 0 Å². The molecule has 0 saturated heterocycles. The number of carbonyl (C=O) groups excluding carboxylic acids is 1. The lowest BCUT2D eigenvalue weighted by Crippen LogP contribution is -2.19. The molecule has 0 bridgehead atoms. The number of nitro groups is 1. The van der Waals surface area contributed by atoms with Gasteiger partial charge < -0.3 is 10.1 Å². The Kier molecular flexibility index (Phi) is 5.87. The van der Waals surface area contributed by atoms with Crippen molar-refractivity contribution in [1.29, 1.82) is 0 Å². The minimum atomic E-state index is -0.656. The van der Waals surface area contributed by atoms with Gasteiger partial charge in [0.05, 0.1) is 24.0 Å². The Morgan fingerprint density at radius 2 is 2.21 bits per heavy atom. The van der Waals surface area contributed by atoms with Gasteiger partial charge in [-0.25, -0.2) is 4.39 Å². The van der Waals surface area contributed by atoms with E-state index in [4.69, 9.17) is 4.74 Å². The molecule has 0 saturated carbocycles. The summed E-state index contributed by atoms with van der Waals surface area (Å²) >= 11 is 0. The summed E-state index contributed by atoms with van der Waals surface area (Å²) in [6.07, 6.45) is 0.200. The number of esters is 1. The summed E-state index contributed by atoms with van der Waals surface area (Å²) in [5.74, 6) is -0.975. The SMILES string of the molecule is CCOC(=O)CCNCc1cc(F)cc([N+](=O)[O-])c1. The number of nitro benzene ring substituents is 1. The Hall–Kier alpha value is -2.02. The molecule has 1 aromatic carbocycles. The molecule has 0 aliphatic heterocycles. The summed E-state index contributed by atoms with van der Waals surface area (Å²) in [5, 5.41) is 13.4. The number of ether oxygens (including phenoxy) is 1. The van der Waals surface area contributed by atoms with E-state index in [2.05, 4.69) is 5.32 Å². The van der Waals surface area contributed by atoms with E-state index in [1.165, 1.54) is 12.1 Å². The number of halogens is 1. The third kappa shape index (κ3) is 5.43. The van der Waals surface area contributed by atoms with Gasteiger partial charge in [0, 0.05) is 19.2 Å². The largest absolute Gasteiger partial charge is 0.466 e. The predicted molar refractivity (Wildman–Crippen MR) is 66.0 cm³/mol. The summed E-state index contributed by atoms with van der Waals surface area (Å²) in [7, 11) is 0. The van der Waals surface area contributed by atoms with Crippen LogP contribution in [0.2, 0.25) is 0 Å². The summed E-state index contributed by atoms with van der Waals surface area (Å²) in [4.78, 5) is 20.9. The van der Waals surface area contributed by atoms with Gasteiger partial charge >= 0.3 is 5.97 Å². The molecular weight excluding hydrogens is 255 g/mol. The summed E-state index contributed by atoms with van der Waals surface area (Å²) in [6, 6.07) is 3.37. The Labute approximate surface area is 109 Å². The molecule has 0 aromatic heterocycles. The van der Waals surface area contributed by atoms with E-state index in [-0.39, 0.29) is 24.6 Å². The van der Waals surface area contributed by atoms with E-state index in [0.29, 0.717) is 18.7 Å². The molecule has 1 rings (SSSR count). The van der Waals surface area contributed by atoms with Crippen LogP contribution in [0.3, 0.4) is 0 Å². The van der Waals surface area contributed by atoms with E-state index in [1.54, 1.807) is 6.92 Å². The molecule has 0 heterocycles. The molecule has 0 unspecified atom stereocenters. The first-order chi connectivity index (χ1) is 9.02. The van der Waals surface area contributed by atoms with Crippen LogP contribution < -0.4 is 5.32 Å². The van der Waals surface area contributed by atoms with Crippen LogP contribution >= 0.6 is 0 Å². The lowest BCUT2D eigenvalue weighted by atomic mass is 10.2. The number of non-ortho nitro benzene ring substituents is 1. The maximum atomic E-state index is 13.1. The normalized spacial score (nSPS) is 10.2. The quantitative estimate of drug-likeness (QED) is 0.353. The first kappa shape index (κ1) is 15.0. The van der Waals surface area contributed by atoms with Gasteiger partial charge in [-0.1, -0.05) is 0 Å². The Morgan fingerprint density at radius 1 is 1.47 bits per heavy atom. The highest BCUT2D eigenvalue weighted by atomic mass is 19.1. The maximum absolute atomic E-state index is 13.1. The van der Waals surface area contributed by atoms with Gasteiger partial charge in [0.2, 0.25) is 0 Å². The number of nitrogens with zero attached hydrogens (tertiary/aromatic N) is 1. The zero-order valence-electron chi connectivity index (χ0n) is 10.5. The molecule has 7 heteroatoms. The standard InChI is InChI=1S/C12H15FN2O4/c1-2-19-12(16)3-4-14-8-9-5-10(13)7-11(6-9)15(17)18/h5-7,14H,2-4,8H2,1H3. The highest BCUT2D eigenvalue weighted by Gasteiger charge is 2.09. The van der Waals surface area contributed by atoms with Crippen LogP contribution in [0.4, 0.5) is 10.1 Å². The van der Waals surface area contributed by atoms with Crippen molar-refractivity contribution in [2.75, 3.05) is 13.2 Å². The second kappa shape index (κ2) is 7.42. The first-order valence-electron chi connectivity index (χ1n) is 5.83. The maximum Gasteiger partial charge on any atom is 0.307 e. The monoisotopic (exact) mass is 270 g/mol. The van der Waals surface area contributed by atoms with E-state index >= 15 is 0 Å². The molecular formula is C12H15FN2O4. The zero-order chi connectivity index (χ0) is 14.3. The van der Waals surface area contributed by atoms with Crippen LogP contribution in [0.1, 0.15) is 18.9 Å². The minimum absolute atomic E-state index is 0.200. The molecule has 0 amide bonds. The molecule has 6 nitrogen and oxygen atoms in total. The lowest BCUT2D eigenvalue weighted by molar-refractivity contribution is -0.385. The van der Waals surface area contributed by atoms with Crippen LogP contribution in [-0.4, -0.2) is 24.0 Å². The van der Waals surface area contributed by atoms with Crippen LogP contribution in [-0.2, 0) is 16.1 Å². The van der Waals surface area contributed by atoms with Gasteiger partial charge in [0.25, 0.3) is 5.69 Å². The molecule has 0 fully saturated rings.